The first-order chi connectivity index (χ1) is 6.19. The van der Waals surface area contributed by atoms with Crippen molar-refractivity contribution in [3.63, 3.8) is 0 Å². The van der Waals surface area contributed by atoms with Crippen LogP contribution in [0.25, 0.3) is 0 Å². The Labute approximate surface area is 79.3 Å². The number of aromatic nitrogens is 2. The lowest BCUT2D eigenvalue weighted by Crippen LogP contribution is -2.09. The number of imidazole rings is 1. The lowest BCUT2D eigenvalue weighted by Gasteiger charge is -2.09. The zero-order valence-corrected chi connectivity index (χ0v) is 8.38. The van der Waals surface area contributed by atoms with Gasteiger partial charge in [-0.3, -0.25) is 0 Å². The summed E-state index contributed by atoms with van der Waals surface area (Å²) in [6.45, 7) is 9.45. The second-order valence-electron chi connectivity index (χ2n) is 3.19. The van der Waals surface area contributed by atoms with Gasteiger partial charge in [0.05, 0.1) is 5.69 Å². The summed E-state index contributed by atoms with van der Waals surface area (Å²) in [5.74, 6) is 1.01. The van der Waals surface area contributed by atoms with E-state index in [0.717, 1.165) is 24.5 Å². The van der Waals surface area contributed by atoms with Gasteiger partial charge >= 0.3 is 0 Å². The van der Waals surface area contributed by atoms with E-state index in [2.05, 4.69) is 23.1 Å². The number of allylic oxidation sites excluding steroid dienone is 1. The van der Waals surface area contributed by atoms with E-state index in [1.54, 1.807) is 0 Å². The quantitative estimate of drug-likeness (QED) is 0.714. The molecule has 0 radical (unpaired) electrons. The van der Waals surface area contributed by atoms with E-state index >= 15 is 0 Å². The molecule has 0 amide bonds. The molecule has 1 rings (SSSR count). The summed E-state index contributed by atoms with van der Waals surface area (Å²) in [6, 6.07) is 0. The average Bonchev–Trinajstić information content (AvgIpc) is 2.48. The van der Waals surface area contributed by atoms with Crippen molar-refractivity contribution in [3.8, 4) is 0 Å². The van der Waals surface area contributed by atoms with E-state index in [9.17, 15) is 0 Å². The van der Waals surface area contributed by atoms with Crippen LogP contribution < -0.4 is 5.73 Å². The molecule has 72 valence electrons. The zero-order chi connectivity index (χ0) is 9.84. The summed E-state index contributed by atoms with van der Waals surface area (Å²) in [7, 11) is 0. The van der Waals surface area contributed by atoms with E-state index in [-0.39, 0.29) is 0 Å². The van der Waals surface area contributed by atoms with E-state index in [1.807, 2.05) is 13.1 Å². The Kier molecular flexibility index (Phi) is 3.25. The van der Waals surface area contributed by atoms with Gasteiger partial charge in [-0.25, -0.2) is 4.98 Å². The molecule has 13 heavy (non-hydrogen) atoms. The largest absolute Gasteiger partial charge is 0.327 e. The van der Waals surface area contributed by atoms with Crippen LogP contribution in [-0.2, 0) is 13.1 Å². The molecule has 1 aromatic heterocycles. The van der Waals surface area contributed by atoms with E-state index < -0.39 is 0 Å². The van der Waals surface area contributed by atoms with Gasteiger partial charge in [-0.15, -0.1) is 0 Å². The molecule has 2 N–H and O–H groups in total. The summed E-state index contributed by atoms with van der Waals surface area (Å²) in [5.41, 5.74) is 7.87. The maximum atomic E-state index is 5.59. The molecule has 0 saturated heterocycles. The highest BCUT2D eigenvalue weighted by Crippen LogP contribution is 2.08. The smallest absolute Gasteiger partial charge is 0.106 e. The van der Waals surface area contributed by atoms with Gasteiger partial charge in [0, 0.05) is 19.3 Å². The number of nitrogens with two attached hydrogens (primary N) is 1. The minimum Gasteiger partial charge on any atom is -0.327 e. The molecule has 0 aromatic carbocycles. The topological polar surface area (TPSA) is 43.8 Å². The molecule has 1 aromatic rings. The maximum absolute atomic E-state index is 5.59. The van der Waals surface area contributed by atoms with Gasteiger partial charge in [0.1, 0.15) is 5.82 Å². The Hall–Kier alpha value is -1.09. The molecule has 0 spiro atoms. The Balaban J connectivity index is 2.85. The highest BCUT2D eigenvalue weighted by Gasteiger charge is 2.04. The number of nitrogens with zero attached hydrogens (tertiary/aromatic N) is 2. The first kappa shape index (κ1) is 9.99. The van der Waals surface area contributed by atoms with Crippen molar-refractivity contribution in [1.82, 2.24) is 9.55 Å². The second kappa shape index (κ2) is 4.23. The van der Waals surface area contributed by atoms with E-state index in [4.69, 9.17) is 5.73 Å². The Morgan fingerprint density at radius 3 is 2.92 bits per heavy atom. The van der Waals surface area contributed by atoms with Crippen molar-refractivity contribution < 1.29 is 0 Å². The lowest BCUT2D eigenvalue weighted by atomic mass is 10.2. The van der Waals surface area contributed by atoms with Crippen molar-refractivity contribution in [2.24, 2.45) is 5.73 Å². The molecule has 3 heteroatoms. The molecule has 0 saturated carbocycles. The van der Waals surface area contributed by atoms with Crippen LogP contribution >= 0.6 is 0 Å². The Bertz CT molecular complexity index is 299. The minimum absolute atomic E-state index is 0.540. The molecule has 0 fully saturated rings. The van der Waals surface area contributed by atoms with Gasteiger partial charge in [-0.1, -0.05) is 19.1 Å². The van der Waals surface area contributed by atoms with Crippen molar-refractivity contribution in [2.45, 2.75) is 33.4 Å². The van der Waals surface area contributed by atoms with Gasteiger partial charge in [0.25, 0.3) is 0 Å². The summed E-state index contributed by atoms with van der Waals surface area (Å²) in [6.07, 6.45) is 2.83. The van der Waals surface area contributed by atoms with Crippen LogP contribution in [0.5, 0.6) is 0 Å². The molecule has 1 heterocycles. The average molecular weight is 179 g/mol. The van der Waals surface area contributed by atoms with Gasteiger partial charge < -0.3 is 10.3 Å². The van der Waals surface area contributed by atoms with Gasteiger partial charge in [-0.05, 0) is 13.3 Å². The van der Waals surface area contributed by atoms with Gasteiger partial charge in [0.2, 0.25) is 0 Å². The summed E-state index contributed by atoms with van der Waals surface area (Å²) in [5, 5.41) is 0. The molecule has 0 aliphatic carbocycles. The van der Waals surface area contributed by atoms with Gasteiger partial charge in [-0.2, -0.15) is 0 Å². The predicted octanol–water partition coefficient (Wildman–Crippen LogP) is 1.62. The fourth-order valence-corrected chi connectivity index (χ4v) is 1.23. The van der Waals surface area contributed by atoms with E-state index in [1.165, 1.54) is 5.57 Å². The maximum Gasteiger partial charge on any atom is 0.106 e. The minimum atomic E-state index is 0.540. The second-order valence-corrected chi connectivity index (χ2v) is 3.19. The number of rotatable bonds is 4. The summed E-state index contributed by atoms with van der Waals surface area (Å²) >= 11 is 0. The van der Waals surface area contributed by atoms with Crippen molar-refractivity contribution in [2.75, 3.05) is 0 Å². The molecule has 3 nitrogen and oxygen atoms in total. The Morgan fingerprint density at radius 2 is 2.38 bits per heavy atom. The van der Waals surface area contributed by atoms with Crippen LogP contribution in [0.4, 0.5) is 0 Å². The number of hydrogen-bond acceptors (Lipinski definition) is 2. The lowest BCUT2D eigenvalue weighted by molar-refractivity contribution is 0.690. The van der Waals surface area contributed by atoms with Crippen LogP contribution in [0.2, 0.25) is 0 Å². The van der Waals surface area contributed by atoms with Crippen molar-refractivity contribution in [1.29, 1.82) is 0 Å². The van der Waals surface area contributed by atoms with Crippen LogP contribution in [0.1, 0.15) is 24.9 Å². The summed E-state index contributed by atoms with van der Waals surface area (Å²) in [4.78, 5) is 4.22. The van der Waals surface area contributed by atoms with E-state index in [0.29, 0.717) is 6.54 Å². The molecular formula is C10H17N3. The third-order valence-corrected chi connectivity index (χ3v) is 2.23. The molecule has 0 bridgehead atoms. The number of aryl methyl sites for hydroxylation is 1. The van der Waals surface area contributed by atoms with Crippen LogP contribution in [0, 0.1) is 6.92 Å². The van der Waals surface area contributed by atoms with Crippen LogP contribution in [-0.4, -0.2) is 9.55 Å². The molecule has 0 aliphatic rings. The number of hydrogen-bond donors (Lipinski definition) is 1. The highest BCUT2D eigenvalue weighted by atomic mass is 15.1. The third-order valence-electron chi connectivity index (χ3n) is 2.23. The molecular weight excluding hydrogens is 162 g/mol. The zero-order valence-electron chi connectivity index (χ0n) is 8.38. The molecule has 0 aliphatic heterocycles. The monoisotopic (exact) mass is 179 g/mol. The molecule has 0 unspecified atom stereocenters. The van der Waals surface area contributed by atoms with Crippen LogP contribution in [0.3, 0.4) is 0 Å². The normalized spacial score (nSPS) is 10.4. The fraction of sp³-hybridized carbons (Fsp3) is 0.500. The fourth-order valence-electron chi connectivity index (χ4n) is 1.23. The SMILES string of the molecule is C=C(CC)Cn1c(CN)cnc1C. The third kappa shape index (κ3) is 2.18. The van der Waals surface area contributed by atoms with Gasteiger partial charge in [0.15, 0.2) is 0 Å². The highest BCUT2D eigenvalue weighted by molar-refractivity contribution is 5.07. The standard InChI is InChI=1S/C10H17N3/c1-4-8(2)7-13-9(3)12-6-10(13)5-11/h6H,2,4-5,7,11H2,1,3H3. The first-order valence-corrected chi connectivity index (χ1v) is 4.56. The molecule has 0 atom stereocenters. The van der Waals surface area contributed by atoms with Crippen molar-refractivity contribution in [3.05, 3.63) is 29.9 Å². The first-order valence-electron chi connectivity index (χ1n) is 4.56. The Morgan fingerprint density at radius 1 is 1.69 bits per heavy atom. The van der Waals surface area contributed by atoms with Crippen LogP contribution in [0.15, 0.2) is 18.3 Å². The van der Waals surface area contributed by atoms with Crippen molar-refractivity contribution >= 4 is 0 Å². The predicted molar refractivity (Wildman–Crippen MR) is 54.3 cm³/mol. The summed E-state index contributed by atoms with van der Waals surface area (Å²) < 4.78 is 2.12.